The number of carbonyl (C=O) groups is 1. The van der Waals surface area contributed by atoms with E-state index in [0.717, 1.165) is 11.1 Å². The quantitative estimate of drug-likeness (QED) is 0.754. The van der Waals surface area contributed by atoms with E-state index in [9.17, 15) is 4.79 Å². The van der Waals surface area contributed by atoms with Gasteiger partial charge in [-0.05, 0) is 26.3 Å². The number of ether oxygens (including phenoxy) is 1. The zero-order chi connectivity index (χ0) is 11.2. The van der Waals surface area contributed by atoms with E-state index >= 15 is 0 Å². The van der Waals surface area contributed by atoms with Crippen LogP contribution in [0.2, 0.25) is 0 Å². The summed E-state index contributed by atoms with van der Waals surface area (Å²) >= 11 is 0. The molecule has 1 heterocycles. The zero-order valence-corrected chi connectivity index (χ0v) is 9.13. The number of nitrogens with two attached hydrogens (primary N) is 1. The van der Waals surface area contributed by atoms with E-state index in [4.69, 9.17) is 10.5 Å². The van der Waals surface area contributed by atoms with Crippen LogP contribution in [0.1, 0.15) is 30.9 Å². The zero-order valence-electron chi connectivity index (χ0n) is 9.13. The van der Waals surface area contributed by atoms with E-state index in [1.165, 1.54) is 0 Å². The summed E-state index contributed by atoms with van der Waals surface area (Å²) in [5, 5.41) is 0. The maximum atomic E-state index is 11.5. The Hall–Kier alpha value is -1.51. The molecule has 2 N–H and O–H groups in total. The largest absolute Gasteiger partial charge is 0.486 e. The van der Waals surface area contributed by atoms with Gasteiger partial charge in [-0.25, -0.2) is 0 Å². The van der Waals surface area contributed by atoms with Crippen molar-refractivity contribution in [2.24, 2.45) is 5.73 Å². The smallest absolute Gasteiger partial charge is 0.229 e. The first-order valence-electron chi connectivity index (χ1n) is 4.93. The maximum absolute atomic E-state index is 11.5. The summed E-state index contributed by atoms with van der Waals surface area (Å²) in [6.07, 6.45) is 0. The number of carbonyl (C=O) groups excluding carboxylic acids is 1. The first kappa shape index (κ1) is 10.0. The van der Waals surface area contributed by atoms with Crippen molar-refractivity contribution in [1.29, 1.82) is 0 Å². The Morgan fingerprint density at radius 1 is 1.60 bits per heavy atom. The van der Waals surface area contributed by atoms with Crippen molar-refractivity contribution in [3.8, 4) is 5.75 Å². The summed E-state index contributed by atoms with van der Waals surface area (Å²) in [4.78, 5) is 11.5. The van der Waals surface area contributed by atoms with Crippen molar-refractivity contribution in [3.63, 3.8) is 0 Å². The molecule has 0 saturated heterocycles. The third-order valence-electron chi connectivity index (χ3n) is 2.85. The lowest BCUT2D eigenvalue weighted by Gasteiger charge is -2.23. The maximum Gasteiger partial charge on any atom is 0.229 e. The average Bonchev–Trinajstić information content (AvgIpc) is 2.36. The fraction of sp³-hybridized carbons (Fsp3) is 0.417. The molecular formula is C12H14NO2. The lowest BCUT2D eigenvalue weighted by atomic mass is 9.84. The highest BCUT2D eigenvalue weighted by atomic mass is 16.5. The molecule has 1 aromatic carbocycles. The van der Waals surface area contributed by atoms with Crippen LogP contribution in [-0.4, -0.2) is 11.5 Å². The third-order valence-corrected chi connectivity index (χ3v) is 2.85. The van der Waals surface area contributed by atoms with Crippen molar-refractivity contribution >= 4 is 5.91 Å². The van der Waals surface area contributed by atoms with Gasteiger partial charge < -0.3 is 10.5 Å². The minimum atomic E-state index is -0.573. The molecule has 15 heavy (non-hydrogen) atoms. The number of hydrogen-bond donors (Lipinski definition) is 1. The number of rotatable bonds is 1. The van der Waals surface area contributed by atoms with Crippen molar-refractivity contribution in [1.82, 2.24) is 0 Å². The van der Waals surface area contributed by atoms with Gasteiger partial charge in [-0.1, -0.05) is 12.1 Å². The highest BCUT2D eigenvalue weighted by Crippen LogP contribution is 2.45. The Labute approximate surface area is 89.2 Å². The number of hydrogen-bond acceptors (Lipinski definition) is 2. The normalized spacial score (nSPS) is 21.9. The number of fused-ring (bicyclic) bond motifs is 1. The number of aryl methyl sites for hydroxylation is 1. The predicted molar refractivity (Wildman–Crippen MR) is 56.7 cm³/mol. The number of primary amides is 1. The first-order valence-corrected chi connectivity index (χ1v) is 4.93. The van der Waals surface area contributed by atoms with Gasteiger partial charge in [0.05, 0.1) is 0 Å². The monoisotopic (exact) mass is 204 g/mol. The van der Waals surface area contributed by atoms with Gasteiger partial charge >= 0.3 is 0 Å². The predicted octanol–water partition coefficient (Wildman–Crippen LogP) is 1.54. The first-order chi connectivity index (χ1) is 6.93. The summed E-state index contributed by atoms with van der Waals surface area (Å²) in [7, 11) is 0. The van der Waals surface area contributed by atoms with Crippen LogP contribution in [0.15, 0.2) is 12.1 Å². The van der Waals surface area contributed by atoms with Crippen LogP contribution >= 0.6 is 0 Å². The van der Waals surface area contributed by atoms with Crippen LogP contribution < -0.4 is 10.5 Å². The molecule has 0 bridgehead atoms. The molecular weight excluding hydrogens is 190 g/mol. The van der Waals surface area contributed by atoms with E-state index < -0.39 is 5.60 Å². The number of benzene rings is 1. The molecule has 0 fully saturated rings. The van der Waals surface area contributed by atoms with E-state index in [2.05, 4.69) is 6.07 Å². The fourth-order valence-electron chi connectivity index (χ4n) is 2.19. The van der Waals surface area contributed by atoms with Gasteiger partial charge in [-0.2, -0.15) is 0 Å². The van der Waals surface area contributed by atoms with Gasteiger partial charge in [-0.3, -0.25) is 4.79 Å². The second-order valence-corrected chi connectivity index (χ2v) is 4.44. The second-order valence-electron chi connectivity index (χ2n) is 4.44. The molecule has 2 rings (SSSR count). The molecule has 1 atom stereocenters. The SMILES string of the molecule is Cc1cc[c]c2c1C(C(N)=O)C(C)(C)O2. The average molecular weight is 204 g/mol. The molecule has 0 aliphatic carbocycles. The van der Waals surface area contributed by atoms with Crippen LogP contribution in [-0.2, 0) is 4.79 Å². The Bertz CT molecular complexity index is 424. The van der Waals surface area contributed by atoms with Crippen LogP contribution in [0.3, 0.4) is 0 Å². The van der Waals surface area contributed by atoms with Crippen molar-refractivity contribution in [2.45, 2.75) is 32.3 Å². The standard InChI is InChI=1S/C12H14NO2/c1-7-5-4-6-8-9(7)10(11(13)14)12(2,3)15-8/h4-5,10H,1-3H3,(H2,13,14). The van der Waals surface area contributed by atoms with Crippen LogP contribution in [0.4, 0.5) is 0 Å². The molecule has 0 spiro atoms. The number of amides is 1. The highest BCUT2D eigenvalue weighted by molar-refractivity contribution is 5.85. The minimum absolute atomic E-state index is 0.346. The lowest BCUT2D eigenvalue weighted by Crippen LogP contribution is -2.38. The molecule has 0 saturated carbocycles. The Morgan fingerprint density at radius 3 is 2.87 bits per heavy atom. The van der Waals surface area contributed by atoms with E-state index in [-0.39, 0.29) is 11.8 Å². The molecule has 1 aromatic rings. The molecule has 1 aliphatic heterocycles. The summed E-state index contributed by atoms with van der Waals surface area (Å²) in [5.41, 5.74) is 6.76. The molecule has 3 heteroatoms. The summed E-state index contributed by atoms with van der Waals surface area (Å²) in [6.45, 7) is 5.69. The summed E-state index contributed by atoms with van der Waals surface area (Å²) in [5.74, 6) is -0.0739. The fourth-order valence-corrected chi connectivity index (χ4v) is 2.19. The topological polar surface area (TPSA) is 52.3 Å². The van der Waals surface area contributed by atoms with Gasteiger partial charge in [0.15, 0.2) is 0 Å². The third kappa shape index (κ3) is 1.39. The minimum Gasteiger partial charge on any atom is -0.486 e. The molecule has 1 amide bonds. The Morgan fingerprint density at radius 2 is 2.27 bits per heavy atom. The Balaban J connectivity index is 2.61. The van der Waals surface area contributed by atoms with E-state index in [1.807, 2.05) is 26.8 Å². The lowest BCUT2D eigenvalue weighted by molar-refractivity contribution is -0.122. The highest BCUT2D eigenvalue weighted by Gasteiger charge is 2.45. The van der Waals surface area contributed by atoms with Crippen molar-refractivity contribution < 1.29 is 9.53 Å². The van der Waals surface area contributed by atoms with Gasteiger partial charge in [-0.15, -0.1) is 0 Å². The summed E-state index contributed by atoms with van der Waals surface area (Å²) in [6, 6.07) is 6.72. The van der Waals surface area contributed by atoms with Gasteiger partial charge in [0, 0.05) is 11.6 Å². The van der Waals surface area contributed by atoms with Crippen LogP contribution in [0.25, 0.3) is 0 Å². The Kier molecular flexibility index (Phi) is 2.00. The van der Waals surface area contributed by atoms with Crippen molar-refractivity contribution in [3.05, 3.63) is 29.3 Å². The van der Waals surface area contributed by atoms with Gasteiger partial charge in [0.1, 0.15) is 17.3 Å². The van der Waals surface area contributed by atoms with E-state index in [0.29, 0.717) is 5.75 Å². The van der Waals surface area contributed by atoms with Gasteiger partial charge in [0.2, 0.25) is 5.91 Å². The van der Waals surface area contributed by atoms with Gasteiger partial charge in [0.25, 0.3) is 0 Å². The molecule has 3 nitrogen and oxygen atoms in total. The molecule has 1 radical (unpaired) electrons. The molecule has 79 valence electrons. The van der Waals surface area contributed by atoms with Crippen LogP contribution in [0, 0.1) is 13.0 Å². The van der Waals surface area contributed by atoms with Crippen molar-refractivity contribution in [2.75, 3.05) is 0 Å². The van der Waals surface area contributed by atoms with Crippen LogP contribution in [0.5, 0.6) is 5.75 Å². The molecule has 1 unspecified atom stereocenters. The molecule has 1 aliphatic rings. The summed E-state index contributed by atoms with van der Waals surface area (Å²) < 4.78 is 5.69. The second kappa shape index (κ2) is 2.99. The van der Waals surface area contributed by atoms with E-state index in [1.54, 1.807) is 6.07 Å². The molecule has 0 aromatic heterocycles.